The minimum atomic E-state index is -0.369. The molecule has 12 heavy (non-hydrogen) atoms. The molecule has 1 atom stereocenters. The molecule has 1 aliphatic heterocycles. The second-order valence-electron chi connectivity index (χ2n) is 3.23. The quantitative estimate of drug-likeness (QED) is 0.305. The van der Waals surface area contributed by atoms with Crippen LogP contribution in [0, 0.1) is 0 Å². The average molecular weight is 173 g/mol. The molecule has 1 heterocycles. The summed E-state index contributed by atoms with van der Waals surface area (Å²) in [5.41, 5.74) is 1.80. The maximum Gasteiger partial charge on any atom is 0.329 e. The Balaban J connectivity index is 2.25. The molecule has 70 valence electrons. The van der Waals surface area contributed by atoms with Gasteiger partial charge in [-0.3, -0.25) is 5.43 Å². The van der Waals surface area contributed by atoms with Gasteiger partial charge >= 0.3 is 6.03 Å². The van der Waals surface area contributed by atoms with E-state index in [0.717, 1.165) is 19.4 Å². The van der Waals surface area contributed by atoms with E-state index in [0.29, 0.717) is 6.54 Å². The lowest BCUT2D eigenvalue weighted by Crippen LogP contribution is -2.46. The Bertz CT molecular complexity index is 166. The molecule has 2 amide bonds. The van der Waals surface area contributed by atoms with E-state index in [-0.39, 0.29) is 11.6 Å². The number of nitrogens with one attached hydrogen (secondary N) is 2. The van der Waals surface area contributed by atoms with Gasteiger partial charge in [-0.05, 0) is 19.8 Å². The van der Waals surface area contributed by atoms with E-state index in [1.54, 1.807) is 0 Å². The number of hydrogen-bond donors (Lipinski definition) is 3. The molecule has 0 saturated carbocycles. The standard InChI is InChI=1S/C7H15N3O2/c1-7(3-2-4-12-7)5-9-6(11)10-8/h2-5,8H2,1H3,(H2,9,10,11). The van der Waals surface area contributed by atoms with E-state index in [9.17, 15) is 4.79 Å². The van der Waals surface area contributed by atoms with Gasteiger partial charge < -0.3 is 10.1 Å². The molecule has 5 heteroatoms. The predicted molar refractivity (Wildman–Crippen MR) is 44.3 cm³/mol. The first-order valence-electron chi connectivity index (χ1n) is 4.05. The van der Waals surface area contributed by atoms with Gasteiger partial charge in [-0.25, -0.2) is 10.6 Å². The Hall–Kier alpha value is -0.810. The first kappa shape index (κ1) is 9.28. The van der Waals surface area contributed by atoms with Gasteiger partial charge in [0.15, 0.2) is 0 Å². The Labute approximate surface area is 71.6 Å². The summed E-state index contributed by atoms with van der Waals surface area (Å²) in [4.78, 5) is 10.7. The van der Waals surface area contributed by atoms with Crippen LogP contribution in [0.5, 0.6) is 0 Å². The van der Waals surface area contributed by atoms with Crippen molar-refractivity contribution in [3.63, 3.8) is 0 Å². The van der Waals surface area contributed by atoms with Crippen molar-refractivity contribution in [1.82, 2.24) is 10.7 Å². The van der Waals surface area contributed by atoms with Crippen LogP contribution in [0.15, 0.2) is 0 Å². The van der Waals surface area contributed by atoms with Gasteiger partial charge in [-0.15, -0.1) is 0 Å². The van der Waals surface area contributed by atoms with Gasteiger partial charge in [-0.1, -0.05) is 0 Å². The second-order valence-corrected chi connectivity index (χ2v) is 3.23. The SMILES string of the molecule is CC1(CNC(=O)NN)CCCO1. The van der Waals surface area contributed by atoms with E-state index in [2.05, 4.69) is 5.32 Å². The van der Waals surface area contributed by atoms with E-state index in [1.165, 1.54) is 0 Å². The molecular weight excluding hydrogens is 158 g/mol. The number of urea groups is 1. The highest BCUT2D eigenvalue weighted by Gasteiger charge is 2.29. The molecule has 1 saturated heterocycles. The molecule has 1 rings (SSSR count). The number of hydrazine groups is 1. The van der Waals surface area contributed by atoms with E-state index >= 15 is 0 Å². The third-order valence-electron chi connectivity index (χ3n) is 2.05. The molecule has 1 aliphatic rings. The van der Waals surface area contributed by atoms with Crippen molar-refractivity contribution in [2.24, 2.45) is 5.84 Å². The molecule has 1 fully saturated rings. The van der Waals surface area contributed by atoms with Gasteiger partial charge in [0.1, 0.15) is 0 Å². The van der Waals surface area contributed by atoms with Crippen LogP contribution in [0.4, 0.5) is 4.79 Å². The first-order chi connectivity index (χ1) is 5.66. The van der Waals surface area contributed by atoms with E-state index < -0.39 is 0 Å². The zero-order valence-electron chi connectivity index (χ0n) is 7.22. The molecule has 0 spiro atoms. The number of ether oxygens (including phenoxy) is 1. The van der Waals surface area contributed by atoms with E-state index in [1.807, 2.05) is 12.3 Å². The highest BCUT2D eigenvalue weighted by Crippen LogP contribution is 2.23. The fraction of sp³-hybridized carbons (Fsp3) is 0.857. The zero-order valence-corrected chi connectivity index (χ0v) is 7.22. The van der Waals surface area contributed by atoms with Crippen LogP contribution in [0.3, 0.4) is 0 Å². The summed E-state index contributed by atoms with van der Waals surface area (Å²) >= 11 is 0. The third-order valence-corrected chi connectivity index (χ3v) is 2.05. The molecule has 1 unspecified atom stereocenters. The fourth-order valence-corrected chi connectivity index (χ4v) is 1.29. The minimum Gasteiger partial charge on any atom is -0.373 e. The third kappa shape index (κ3) is 2.35. The number of carbonyl (C=O) groups excluding carboxylic acids is 1. The molecule has 0 aromatic rings. The fourth-order valence-electron chi connectivity index (χ4n) is 1.29. The molecule has 5 nitrogen and oxygen atoms in total. The van der Waals surface area contributed by atoms with Crippen molar-refractivity contribution < 1.29 is 9.53 Å². The van der Waals surface area contributed by atoms with Crippen molar-refractivity contribution in [3.05, 3.63) is 0 Å². The number of amides is 2. The summed E-state index contributed by atoms with van der Waals surface area (Å²) in [5.74, 6) is 4.90. The first-order valence-corrected chi connectivity index (χ1v) is 4.05. The maximum atomic E-state index is 10.7. The van der Waals surface area contributed by atoms with Crippen molar-refractivity contribution in [2.75, 3.05) is 13.2 Å². The van der Waals surface area contributed by atoms with Crippen LogP contribution in [0.25, 0.3) is 0 Å². The minimum absolute atomic E-state index is 0.202. The Morgan fingerprint density at radius 1 is 1.75 bits per heavy atom. The number of carbonyl (C=O) groups is 1. The highest BCUT2D eigenvalue weighted by molar-refractivity contribution is 5.73. The predicted octanol–water partition coefficient (Wildman–Crippen LogP) is -0.272. The van der Waals surface area contributed by atoms with Gasteiger partial charge in [0.05, 0.1) is 5.60 Å². The largest absolute Gasteiger partial charge is 0.373 e. The average Bonchev–Trinajstić information content (AvgIpc) is 2.49. The highest BCUT2D eigenvalue weighted by atomic mass is 16.5. The van der Waals surface area contributed by atoms with Crippen LogP contribution < -0.4 is 16.6 Å². The van der Waals surface area contributed by atoms with Gasteiger partial charge in [0, 0.05) is 13.2 Å². The Kier molecular flexibility index (Phi) is 2.88. The summed E-state index contributed by atoms with van der Waals surface area (Å²) in [5, 5.41) is 2.61. The van der Waals surface area contributed by atoms with Crippen molar-refractivity contribution >= 4 is 6.03 Å². The lowest BCUT2D eigenvalue weighted by atomic mass is 10.0. The summed E-state index contributed by atoms with van der Waals surface area (Å²) in [7, 11) is 0. The number of rotatable bonds is 2. The van der Waals surface area contributed by atoms with Crippen molar-refractivity contribution in [3.8, 4) is 0 Å². The zero-order chi connectivity index (χ0) is 9.03. The van der Waals surface area contributed by atoms with Gasteiger partial charge in [0.25, 0.3) is 0 Å². The van der Waals surface area contributed by atoms with Crippen LogP contribution in [0.2, 0.25) is 0 Å². The number of hydrogen-bond acceptors (Lipinski definition) is 3. The topological polar surface area (TPSA) is 76.4 Å². The normalized spacial score (nSPS) is 28.5. The molecule has 0 bridgehead atoms. The van der Waals surface area contributed by atoms with Crippen molar-refractivity contribution in [2.45, 2.75) is 25.4 Å². The molecule has 0 aromatic carbocycles. The summed E-state index contributed by atoms with van der Waals surface area (Å²) in [6.07, 6.45) is 2.04. The molecule has 0 aliphatic carbocycles. The maximum absolute atomic E-state index is 10.7. The van der Waals surface area contributed by atoms with E-state index in [4.69, 9.17) is 10.6 Å². The van der Waals surface area contributed by atoms with Crippen molar-refractivity contribution in [1.29, 1.82) is 0 Å². The van der Waals surface area contributed by atoms with Crippen LogP contribution in [-0.4, -0.2) is 24.8 Å². The summed E-state index contributed by atoms with van der Waals surface area (Å²) in [6, 6.07) is -0.369. The van der Waals surface area contributed by atoms with Gasteiger partial charge in [-0.2, -0.15) is 0 Å². The Morgan fingerprint density at radius 2 is 2.50 bits per heavy atom. The summed E-state index contributed by atoms with van der Waals surface area (Å²) in [6.45, 7) is 3.27. The van der Waals surface area contributed by atoms with Crippen LogP contribution in [-0.2, 0) is 4.74 Å². The van der Waals surface area contributed by atoms with Gasteiger partial charge in [0.2, 0.25) is 0 Å². The molecule has 4 N–H and O–H groups in total. The van der Waals surface area contributed by atoms with Crippen LogP contribution in [0.1, 0.15) is 19.8 Å². The Morgan fingerprint density at radius 3 is 3.00 bits per heavy atom. The lowest BCUT2D eigenvalue weighted by Gasteiger charge is -2.22. The molecular formula is C7H15N3O2. The smallest absolute Gasteiger partial charge is 0.329 e. The number of nitrogens with two attached hydrogens (primary N) is 1. The summed E-state index contributed by atoms with van der Waals surface area (Å²) < 4.78 is 5.45. The van der Waals surface area contributed by atoms with Crippen LogP contribution >= 0.6 is 0 Å². The lowest BCUT2D eigenvalue weighted by molar-refractivity contribution is 0.0229. The molecule has 0 aromatic heterocycles. The second kappa shape index (κ2) is 3.73. The monoisotopic (exact) mass is 173 g/mol. The molecule has 0 radical (unpaired) electrons.